The fourth-order valence-electron chi connectivity index (χ4n) is 2.68. The fourth-order valence-corrected chi connectivity index (χ4v) is 2.68. The van der Waals surface area contributed by atoms with Crippen LogP contribution in [-0.4, -0.2) is 5.11 Å². The predicted octanol–water partition coefficient (Wildman–Crippen LogP) is 3.70. The van der Waals surface area contributed by atoms with Crippen molar-refractivity contribution in [1.82, 2.24) is 0 Å². The van der Waals surface area contributed by atoms with Crippen molar-refractivity contribution >= 4 is 11.0 Å². The molecular formula is C20H9F3O7. The second-order valence-corrected chi connectivity index (χ2v) is 6.10. The lowest BCUT2D eigenvalue weighted by Crippen LogP contribution is -2.30. The highest BCUT2D eigenvalue weighted by Gasteiger charge is 2.40. The minimum atomic E-state index is -5.05. The first-order chi connectivity index (χ1) is 14.2. The third-order valence-corrected chi connectivity index (χ3v) is 4.11. The van der Waals surface area contributed by atoms with Gasteiger partial charge in [-0.3, -0.25) is 14.4 Å². The molecule has 1 N–H and O–H groups in total. The Morgan fingerprint density at radius 2 is 1.47 bits per heavy atom. The van der Waals surface area contributed by atoms with Crippen molar-refractivity contribution in [2.24, 2.45) is 0 Å². The summed E-state index contributed by atoms with van der Waals surface area (Å²) >= 11 is 0. The van der Waals surface area contributed by atoms with E-state index in [1.807, 2.05) is 0 Å². The Morgan fingerprint density at radius 3 is 2.10 bits per heavy atom. The molecule has 3 aromatic carbocycles. The molecule has 0 aliphatic heterocycles. The van der Waals surface area contributed by atoms with Gasteiger partial charge in [-0.05, 0) is 24.3 Å². The van der Waals surface area contributed by atoms with Crippen LogP contribution in [0, 0.1) is 0 Å². The molecule has 0 radical (unpaired) electrons. The zero-order chi connectivity index (χ0) is 21.6. The van der Waals surface area contributed by atoms with Gasteiger partial charge in [-0.15, -0.1) is 0 Å². The molecule has 0 spiro atoms. The molecule has 152 valence electrons. The minimum Gasteiger partial charge on any atom is -0.501 e. The number of alkyl halides is 3. The summed E-state index contributed by atoms with van der Waals surface area (Å²) in [5, 5.41) is 9.10. The maximum Gasteiger partial charge on any atom is 0.453 e. The van der Waals surface area contributed by atoms with Crippen molar-refractivity contribution in [1.29, 1.82) is 0 Å². The Labute approximate surface area is 163 Å². The second-order valence-electron chi connectivity index (χ2n) is 6.10. The summed E-state index contributed by atoms with van der Waals surface area (Å²) in [5.74, 6) is -4.46. The van der Waals surface area contributed by atoms with Gasteiger partial charge in [-0.2, -0.15) is 13.2 Å². The molecule has 0 atom stereocenters. The average molecular weight is 418 g/mol. The van der Waals surface area contributed by atoms with E-state index >= 15 is 0 Å². The number of aromatic hydroxyl groups is 1. The number of fused-ring (bicyclic) bond motifs is 1. The lowest BCUT2D eigenvalue weighted by molar-refractivity contribution is -0.154. The van der Waals surface area contributed by atoms with Gasteiger partial charge in [-0.25, -0.2) is 0 Å². The van der Waals surface area contributed by atoms with E-state index in [0.29, 0.717) is 0 Å². The van der Waals surface area contributed by atoms with Gasteiger partial charge in [0.15, 0.2) is 0 Å². The summed E-state index contributed by atoms with van der Waals surface area (Å²) in [6.45, 7) is 0. The Kier molecular flexibility index (Phi) is 4.34. The van der Waals surface area contributed by atoms with Gasteiger partial charge in [0.05, 0.1) is 5.39 Å². The molecular weight excluding hydrogens is 409 g/mol. The summed E-state index contributed by atoms with van der Waals surface area (Å²) in [4.78, 5) is 35.1. The smallest absolute Gasteiger partial charge is 0.453 e. The largest absolute Gasteiger partial charge is 0.501 e. The zero-order valence-electron chi connectivity index (χ0n) is 14.6. The Balaban J connectivity index is 1.84. The Bertz CT molecular complexity index is 1390. The number of ether oxygens (including phenoxy) is 2. The molecule has 4 rings (SSSR count). The first-order valence-corrected chi connectivity index (χ1v) is 8.28. The van der Waals surface area contributed by atoms with E-state index in [4.69, 9.17) is 13.9 Å². The van der Waals surface area contributed by atoms with Crippen LogP contribution in [0.1, 0.15) is 5.76 Å². The first-order valence-electron chi connectivity index (χ1n) is 8.28. The SMILES string of the molecule is O=c1c(O)c(Oc2ccc3c(=O)c(Oc4ccccc4)c(C(F)(F)F)oc3c2)c1=O. The number of benzene rings is 2. The molecule has 1 aromatic heterocycles. The number of hydrogen-bond acceptors (Lipinski definition) is 7. The van der Waals surface area contributed by atoms with Gasteiger partial charge in [-0.1, -0.05) is 18.2 Å². The van der Waals surface area contributed by atoms with E-state index in [-0.39, 0.29) is 16.9 Å². The van der Waals surface area contributed by atoms with Crippen LogP contribution in [0.5, 0.6) is 28.7 Å². The normalized spacial score (nSPS) is 11.7. The highest BCUT2D eigenvalue weighted by Crippen LogP contribution is 2.39. The van der Waals surface area contributed by atoms with E-state index in [0.717, 1.165) is 18.2 Å². The molecule has 0 saturated carbocycles. The third-order valence-electron chi connectivity index (χ3n) is 4.11. The summed E-state index contributed by atoms with van der Waals surface area (Å²) in [5.41, 5.74) is -3.80. The molecule has 0 aliphatic rings. The molecule has 0 bridgehead atoms. The summed E-state index contributed by atoms with van der Waals surface area (Å²) < 4.78 is 55.6. The van der Waals surface area contributed by atoms with Crippen LogP contribution < -0.4 is 25.8 Å². The third kappa shape index (κ3) is 3.17. The Hall–Kier alpha value is -4.08. The van der Waals surface area contributed by atoms with Gasteiger partial charge in [0, 0.05) is 6.07 Å². The lowest BCUT2D eigenvalue weighted by Gasteiger charge is -2.14. The maximum absolute atomic E-state index is 13.5. The highest BCUT2D eigenvalue weighted by atomic mass is 19.4. The van der Waals surface area contributed by atoms with Crippen LogP contribution in [0.4, 0.5) is 13.2 Å². The van der Waals surface area contributed by atoms with Crippen LogP contribution >= 0.6 is 0 Å². The monoisotopic (exact) mass is 418 g/mol. The van der Waals surface area contributed by atoms with Crippen molar-refractivity contribution in [3.63, 3.8) is 0 Å². The molecule has 0 amide bonds. The van der Waals surface area contributed by atoms with E-state index in [9.17, 15) is 32.7 Å². The average Bonchev–Trinajstić information content (AvgIpc) is 2.73. The van der Waals surface area contributed by atoms with Crippen molar-refractivity contribution in [3.8, 4) is 28.7 Å². The van der Waals surface area contributed by atoms with Gasteiger partial charge in [0.2, 0.25) is 22.7 Å². The highest BCUT2D eigenvalue weighted by molar-refractivity contribution is 5.80. The van der Waals surface area contributed by atoms with Gasteiger partial charge >= 0.3 is 6.18 Å². The lowest BCUT2D eigenvalue weighted by atomic mass is 10.2. The maximum atomic E-state index is 13.5. The van der Waals surface area contributed by atoms with Crippen LogP contribution in [-0.2, 0) is 6.18 Å². The van der Waals surface area contributed by atoms with Crippen LogP contribution in [0.15, 0.2) is 67.3 Å². The summed E-state index contributed by atoms with van der Waals surface area (Å²) in [6, 6.07) is 10.6. The number of halogens is 3. The molecule has 7 nitrogen and oxygen atoms in total. The quantitative estimate of drug-likeness (QED) is 0.504. The predicted molar refractivity (Wildman–Crippen MR) is 97.1 cm³/mol. The van der Waals surface area contributed by atoms with Crippen LogP contribution in [0.2, 0.25) is 0 Å². The molecule has 1 heterocycles. The van der Waals surface area contributed by atoms with Gasteiger partial charge in [0.1, 0.15) is 17.1 Å². The van der Waals surface area contributed by atoms with E-state index in [1.165, 1.54) is 24.3 Å². The molecule has 0 aliphatic carbocycles. The molecule has 4 aromatic rings. The van der Waals surface area contributed by atoms with Crippen molar-refractivity contribution < 1.29 is 32.2 Å². The fraction of sp³-hybridized carbons (Fsp3) is 0.0500. The minimum absolute atomic E-state index is 0.00480. The van der Waals surface area contributed by atoms with E-state index in [2.05, 4.69) is 0 Å². The van der Waals surface area contributed by atoms with Gasteiger partial charge < -0.3 is 19.0 Å². The van der Waals surface area contributed by atoms with E-state index in [1.54, 1.807) is 6.07 Å². The van der Waals surface area contributed by atoms with Crippen molar-refractivity contribution in [2.45, 2.75) is 6.18 Å². The molecule has 0 saturated heterocycles. The summed E-state index contributed by atoms with van der Waals surface area (Å²) in [6.07, 6.45) is -5.05. The van der Waals surface area contributed by atoms with E-state index < -0.39 is 51.1 Å². The van der Waals surface area contributed by atoms with Crippen molar-refractivity contribution in [2.75, 3.05) is 0 Å². The second kappa shape index (κ2) is 6.76. The molecule has 10 heteroatoms. The standard InChI is InChI=1S/C20H9F3O7/c21-20(22,23)19-18(28-9-4-2-1-3-5-9)13(24)11-7-6-10(8-12(11)30-19)29-17-15(26)14(25)16(17)27/h1-8,26H. The zero-order valence-corrected chi connectivity index (χ0v) is 14.6. The van der Waals surface area contributed by atoms with Crippen LogP contribution in [0.25, 0.3) is 11.0 Å². The molecule has 0 fully saturated rings. The summed E-state index contributed by atoms with van der Waals surface area (Å²) in [7, 11) is 0. The molecule has 30 heavy (non-hydrogen) atoms. The van der Waals surface area contributed by atoms with Crippen LogP contribution in [0.3, 0.4) is 0 Å². The number of para-hydroxylation sites is 1. The molecule has 0 unspecified atom stereocenters. The number of hydrogen-bond donors (Lipinski definition) is 1. The Morgan fingerprint density at radius 1 is 0.800 bits per heavy atom. The van der Waals surface area contributed by atoms with Crippen molar-refractivity contribution in [3.05, 3.63) is 85.0 Å². The van der Waals surface area contributed by atoms with Gasteiger partial charge in [0.25, 0.3) is 16.6 Å². The number of rotatable bonds is 4. The topological polar surface area (TPSA) is 103 Å². The first kappa shape index (κ1) is 19.2.